The van der Waals surface area contributed by atoms with Gasteiger partial charge in [0, 0.05) is 10.8 Å². The number of halogens is 2. The summed E-state index contributed by atoms with van der Waals surface area (Å²) in [6.07, 6.45) is 0. The van der Waals surface area contributed by atoms with Gasteiger partial charge >= 0.3 is 0 Å². The number of carbonyl (C=O) groups excluding carboxylic acids is 1. The molecule has 6 heteroatoms. The van der Waals surface area contributed by atoms with Crippen LogP contribution in [0.1, 0.15) is 10.4 Å². The van der Waals surface area contributed by atoms with Gasteiger partial charge in [-0.25, -0.2) is 0 Å². The quantitative estimate of drug-likeness (QED) is 0.829. The van der Waals surface area contributed by atoms with Gasteiger partial charge in [-0.1, -0.05) is 23.2 Å². The Labute approximate surface area is 99.0 Å². The lowest BCUT2D eigenvalue weighted by Gasteiger charge is -2.01. The maximum Gasteiger partial charge on any atom is 0.250 e. The van der Waals surface area contributed by atoms with Crippen LogP contribution in [-0.4, -0.2) is 11.0 Å². The number of aromatic hydroxyl groups is 1. The van der Waals surface area contributed by atoms with Crippen LogP contribution in [0.25, 0.3) is 10.1 Å². The topological polar surface area (TPSA) is 63.3 Å². The number of hydrogen-bond acceptors (Lipinski definition) is 3. The summed E-state index contributed by atoms with van der Waals surface area (Å²) >= 11 is 12.9. The lowest BCUT2D eigenvalue weighted by molar-refractivity contribution is 0.100. The number of carbonyl (C=O) groups is 1. The summed E-state index contributed by atoms with van der Waals surface area (Å²) in [7, 11) is 0. The van der Waals surface area contributed by atoms with Gasteiger partial charge in [-0.3, -0.25) is 4.79 Å². The molecule has 2 aromatic rings. The first-order valence-corrected chi connectivity index (χ1v) is 5.54. The zero-order chi connectivity index (χ0) is 11.2. The smallest absolute Gasteiger partial charge is 0.250 e. The maximum absolute atomic E-state index is 11.1. The van der Waals surface area contributed by atoms with Gasteiger partial charge in [-0.2, -0.15) is 0 Å². The molecule has 2 rings (SSSR count). The molecule has 3 N–H and O–H groups in total. The van der Waals surface area contributed by atoms with Gasteiger partial charge in [0.25, 0.3) is 0 Å². The van der Waals surface area contributed by atoms with E-state index in [1.807, 2.05) is 0 Å². The van der Waals surface area contributed by atoms with E-state index in [4.69, 9.17) is 28.9 Å². The Morgan fingerprint density at radius 2 is 2.13 bits per heavy atom. The molecule has 0 atom stereocenters. The number of thiophene rings is 1. The fourth-order valence-corrected chi connectivity index (χ4v) is 2.84. The number of fused-ring (bicyclic) bond motifs is 1. The second kappa shape index (κ2) is 3.56. The van der Waals surface area contributed by atoms with Crippen LogP contribution in [0.2, 0.25) is 10.0 Å². The maximum atomic E-state index is 11.1. The fourth-order valence-electron chi connectivity index (χ4n) is 1.28. The molecule has 3 nitrogen and oxygen atoms in total. The van der Waals surface area contributed by atoms with E-state index in [1.54, 1.807) is 5.38 Å². The molecule has 0 aliphatic carbocycles. The Morgan fingerprint density at radius 3 is 2.73 bits per heavy atom. The summed E-state index contributed by atoms with van der Waals surface area (Å²) in [6, 6.07) is 1.48. The average Bonchev–Trinajstić information content (AvgIpc) is 2.58. The van der Waals surface area contributed by atoms with Crippen LogP contribution in [0.5, 0.6) is 5.75 Å². The molecule has 1 heterocycles. The van der Waals surface area contributed by atoms with Crippen LogP contribution < -0.4 is 5.73 Å². The molecule has 0 spiro atoms. The van der Waals surface area contributed by atoms with E-state index in [1.165, 1.54) is 17.4 Å². The molecule has 0 aliphatic rings. The Kier molecular flexibility index (Phi) is 2.50. The second-order valence-corrected chi connectivity index (χ2v) is 4.58. The Balaban J connectivity index is 2.89. The lowest BCUT2D eigenvalue weighted by Crippen LogP contribution is -2.09. The van der Waals surface area contributed by atoms with E-state index < -0.39 is 5.91 Å². The number of rotatable bonds is 1. The number of primary amides is 1. The first-order valence-electron chi connectivity index (χ1n) is 3.90. The average molecular weight is 262 g/mol. The molecule has 15 heavy (non-hydrogen) atoms. The first kappa shape index (κ1) is 10.5. The van der Waals surface area contributed by atoms with Crippen LogP contribution in [0, 0.1) is 0 Å². The van der Waals surface area contributed by atoms with Crippen molar-refractivity contribution in [2.45, 2.75) is 0 Å². The molecule has 1 amide bonds. The zero-order valence-electron chi connectivity index (χ0n) is 7.25. The molecule has 78 valence electrons. The molecule has 0 saturated carbocycles. The summed E-state index contributed by atoms with van der Waals surface area (Å²) < 4.78 is 0.604. The minimum Gasteiger partial charge on any atom is -0.505 e. The van der Waals surface area contributed by atoms with Crippen molar-refractivity contribution >= 4 is 50.5 Å². The molecule has 1 aromatic carbocycles. The van der Waals surface area contributed by atoms with Gasteiger partial charge in [0.15, 0.2) is 5.75 Å². The van der Waals surface area contributed by atoms with Crippen molar-refractivity contribution in [3.63, 3.8) is 0 Å². The van der Waals surface area contributed by atoms with Crippen LogP contribution in [0.15, 0.2) is 11.4 Å². The van der Waals surface area contributed by atoms with Gasteiger partial charge in [0.2, 0.25) is 5.91 Å². The predicted molar refractivity (Wildman–Crippen MR) is 62.0 cm³/mol. The standard InChI is InChI=1S/C9H5Cl2NO2S/c10-5-1-3-4(9(12)14)2-15-8(3)6(11)7(5)13/h1-2,13H,(H2,12,14). The highest BCUT2D eigenvalue weighted by molar-refractivity contribution is 7.18. The third kappa shape index (κ3) is 1.55. The third-order valence-electron chi connectivity index (χ3n) is 2.00. The fraction of sp³-hybridized carbons (Fsp3) is 0. The monoisotopic (exact) mass is 261 g/mol. The predicted octanol–water partition coefficient (Wildman–Crippen LogP) is 3.01. The number of hydrogen-bond donors (Lipinski definition) is 2. The van der Waals surface area contributed by atoms with E-state index in [9.17, 15) is 9.90 Å². The van der Waals surface area contributed by atoms with E-state index in [-0.39, 0.29) is 15.8 Å². The molecule has 0 saturated heterocycles. The largest absolute Gasteiger partial charge is 0.505 e. The van der Waals surface area contributed by atoms with Gasteiger partial charge in [0.05, 0.1) is 15.3 Å². The highest BCUT2D eigenvalue weighted by atomic mass is 35.5. The lowest BCUT2D eigenvalue weighted by atomic mass is 10.1. The van der Waals surface area contributed by atoms with Crippen LogP contribution in [-0.2, 0) is 0 Å². The van der Waals surface area contributed by atoms with Crippen LogP contribution in [0.3, 0.4) is 0 Å². The number of phenols is 1. The summed E-state index contributed by atoms with van der Waals surface area (Å²) in [5.41, 5.74) is 5.54. The van der Waals surface area contributed by atoms with Gasteiger partial charge in [-0.05, 0) is 6.07 Å². The van der Waals surface area contributed by atoms with Crippen LogP contribution >= 0.6 is 34.5 Å². The number of phenolic OH excluding ortho intramolecular Hbond substituents is 1. The summed E-state index contributed by atoms with van der Waals surface area (Å²) in [6.45, 7) is 0. The van der Waals surface area contributed by atoms with E-state index in [0.29, 0.717) is 15.6 Å². The van der Waals surface area contributed by atoms with Crippen molar-refractivity contribution in [2.75, 3.05) is 0 Å². The molecule has 0 fully saturated rings. The van der Waals surface area contributed by atoms with Crippen molar-refractivity contribution in [3.8, 4) is 5.75 Å². The first-order chi connectivity index (χ1) is 7.02. The van der Waals surface area contributed by atoms with E-state index in [2.05, 4.69) is 0 Å². The number of benzene rings is 1. The van der Waals surface area contributed by atoms with Crippen molar-refractivity contribution in [1.29, 1.82) is 0 Å². The van der Waals surface area contributed by atoms with Crippen LogP contribution in [0.4, 0.5) is 0 Å². The minimum atomic E-state index is -0.543. The highest BCUT2D eigenvalue weighted by Crippen LogP contribution is 2.42. The Hall–Kier alpha value is -0.970. The molecule has 1 aromatic heterocycles. The van der Waals surface area contributed by atoms with Gasteiger partial charge in [-0.15, -0.1) is 11.3 Å². The van der Waals surface area contributed by atoms with Crippen molar-refractivity contribution < 1.29 is 9.90 Å². The van der Waals surface area contributed by atoms with E-state index >= 15 is 0 Å². The van der Waals surface area contributed by atoms with Crippen molar-refractivity contribution in [3.05, 3.63) is 27.1 Å². The number of nitrogens with two attached hydrogens (primary N) is 1. The zero-order valence-corrected chi connectivity index (χ0v) is 9.58. The second-order valence-electron chi connectivity index (χ2n) is 2.91. The third-order valence-corrected chi connectivity index (χ3v) is 3.78. The SMILES string of the molecule is NC(=O)c1csc2c(Cl)c(O)c(Cl)cc12. The Morgan fingerprint density at radius 1 is 1.47 bits per heavy atom. The highest BCUT2D eigenvalue weighted by Gasteiger charge is 2.16. The van der Waals surface area contributed by atoms with E-state index in [0.717, 1.165) is 0 Å². The van der Waals surface area contributed by atoms with Gasteiger partial charge < -0.3 is 10.8 Å². The summed E-state index contributed by atoms with van der Waals surface area (Å²) in [5, 5.41) is 11.9. The summed E-state index contributed by atoms with van der Waals surface area (Å²) in [5.74, 6) is -0.720. The molecule has 0 bridgehead atoms. The molecular formula is C9H5Cl2NO2S. The molecule has 0 aliphatic heterocycles. The molecule has 0 radical (unpaired) electrons. The minimum absolute atomic E-state index is 0.105. The molecular weight excluding hydrogens is 257 g/mol. The van der Waals surface area contributed by atoms with Gasteiger partial charge in [0.1, 0.15) is 5.02 Å². The normalized spacial score (nSPS) is 10.8. The number of amides is 1. The Bertz CT molecular complexity index is 565. The van der Waals surface area contributed by atoms with Crippen molar-refractivity contribution in [2.24, 2.45) is 5.73 Å². The molecule has 0 unspecified atom stereocenters. The van der Waals surface area contributed by atoms with Crippen molar-refractivity contribution in [1.82, 2.24) is 0 Å². The summed E-state index contributed by atoms with van der Waals surface area (Å²) in [4.78, 5) is 11.1.